The van der Waals surface area contributed by atoms with Gasteiger partial charge in [-0.05, 0) is 72.7 Å². The molecule has 164 valence electrons. The zero-order valence-electron chi connectivity index (χ0n) is 17.0. The Morgan fingerprint density at radius 3 is 2.56 bits per heavy atom. The molecular formula is C24H19Cl3N2O2S. The second-order valence-corrected chi connectivity index (χ2v) is 9.64. The maximum atomic E-state index is 12.6. The minimum absolute atomic E-state index is 0.167. The van der Waals surface area contributed by atoms with E-state index in [4.69, 9.17) is 39.5 Å². The number of hydrogen-bond donors (Lipinski definition) is 2. The summed E-state index contributed by atoms with van der Waals surface area (Å²) >= 11 is 19.7. The Kier molecular flexibility index (Phi) is 7.21. The van der Waals surface area contributed by atoms with Crippen molar-refractivity contribution in [3.05, 3.63) is 97.3 Å². The lowest BCUT2D eigenvalue weighted by Crippen LogP contribution is -2.31. The van der Waals surface area contributed by atoms with Crippen LogP contribution in [0.3, 0.4) is 0 Å². The molecule has 1 amide bonds. The van der Waals surface area contributed by atoms with Gasteiger partial charge in [0.15, 0.2) is 5.50 Å². The first-order valence-corrected chi connectivity index (χ1v) is 11.8. The molecule has 4 rings (SSSR count). The molecule has 0 bridgehead atoms. The Morgan fingerprint density at radius 1 is 1.03 bits per heavy atom. The molecule has 0 radical (unpaired) electrons. The summed E-state index contributed by atoms with van der Waals surface area (Å²) in [7, 11) is 0. The first-order valence-electron chi connectivity index (χ1n) is 9.76. The van der Waals surface area contributed by atoms with Gasteiger partial charge in [-0.2, -0.15) is 0 Å². The first kappa shape index (κ1) is 22.9. The van der Waals surface area contributed by atoms with Gasteiger partial charge < -0.3 is 15.4 Å². The lowest BCUT2D eigenvalue weighted by Gasteiger charge is -2.15. The van der Waals surface area contributed by atoms with Crippen LogP contribution in [-0.2, 0) is 11.4 Å². The monoisotopic (exact) mass is 504 g/mol. The summed E-state index contributed by atoms with van der Waals surface area (Å²) in [5, 5.41) is 8.14. The van der Waals surface area contributed by atoms with E-state index in [1.54, 1.807) is 24.3 Å². The third-order valence-corrected chi connectivity index (χ3v) is 6.48. The van der Waals surface area contributed by atoms with Crippen LogP contribution in [-0.4, -0.2) is 11.4 Å². The number of thioether (sulfide) groups is 1. The van der Waals surface area contributed by atoms with Gasteiger partial charge in [0.1, 0.15) is 12.4 Å². The lowest BCUT2D eigenvalue weighted by molar-refractivity contribution is -0.116. The number of hydrogen-bond acceptors (Lipinski definition) is 4. The van der Waals surface area contributed by atoms with Gasteiger partial charge in [0.05, 0.1) is 4.91 Å². The summed E-state index contributed by atoms with van der Waals surface area (Å²) in [5.41, 5.74) is 3.27. The van der Waals surface area contributed by atoms with Crippen molar-refractivity contribution in [1.82, 2.24) is 5.32 Å². The van der Waals surface area contributed by atoms with Crippen LogP contribution in [0, 0.1) is 6.92 Å². The zero-order valence-corrected chi connectivity index (χ0v) is 20.1. The maximum Gasteiger partial charge on any atom is 0.260 e. The second-order valence-electron chi connectivity index (χ2n) is 7.18. The summed E-state index contributed by atoms with van der Waals surface area (Å²) in [6.45, 7) is 2.31. The summed E-state index contributed by atoms with van der Waals surface area (Å²) in [6.07, 6.45) is 1.79. The average molecular weight is 506 g/mol. The predicted molar refractivity (Wildman–Crippen MR) is 135 cm³/mol. The number of nitrogens with one attached hydrogen (secondary N) is 2. The third kappa shape index (κ3) is 5.73. The van der Waals surface area contributed by atoms with Crippen molar-refractivity contribution in [3.8, 4) is 5.75 Å². The minimum Gasteiger partial charge on any atom is -0.488 e. The molecule has 8 heteroatoms. The fraction of sp³-hybridized carbons (Fsp3) is 0.125. The number of aryl methyl sites for hydroxylation is 1. The number of halogens is 3. The van der Waals surface area contributed by atoms with Crippen molar-refractivity contribution in [2.75, 3.05) is 5.32 Å². The fourth-order valence-electron chi connectivity index (χ4n) is 3.19. The lowest BCUT2D eigenvalue weighted by atomic mass is 10.1. The molecule has 1 atom stereocenters. The van der Waals surface area contributed by atoms with Crippen LogP contribution in [0.2, 0.25) is 15.1 Å². The van der Waals surface area contributed by atoms with Crippen LogP contribution >= 0.6 is 46.6 Å². The van der Waals surface area contributed by atoms with E-state index in [9.17, 15) is 4.79 Å². The smallest absolute Gasteiger partial charge is 0.260 e. The van der Waals surface area contributed by atoms with E-state index in [1.165, 1.54) is 11.8 Å². The summed E-state index contributed by atoms with van der Waals surface area (Å²) in [4.78, 5) is 13.1. The van der Waals surface area contributed by atoms with Crippen LogP contribution in [0.5, 0.6) is 5.75 Å². The highest BCUT2D eigenvalue weighted by molar-refractivity contribution is 8.05. The minimum atomic E-state index is -0.302. The van der Waals surface area contributed by atoms with Crippen LogP contribution < -0.4 is 15.4 Å². The molecule has 2 N–H and O–H groups in total. The van der Waals surface area contributed by atoms with Crippen molar-refractivity contribution < 1.29 is 9.53 Å². The maximum absolute atomic E-state index is 12.6. The standard InChI is InChI=1S/C24H19Cl3N2O2S/c1-14-9-18(26)5-7-20(14)28-24-29-23(30)22(32-24)12-16-11-19(27)6-8-21(16)31-13-15-3-2-4-17(25)10-15/h2-12,24,28H,13H2,1H3,(H,29,30)/b22-12-. The van der Waals surface area contributed by atoms with Gasteiger partial charge >= 0.3 is 0 Å². The molecule has 32 heavy (non-hydrogen) atoms. The normalized spacial score (nSPS) is 16.8. The summed E-state index contributed by atoms with van der Waals surface area (Å²) in [6, 6.07) is 18.4. The van der Waals surface area contributed by atoms with E-state index in [0.717, 1.165) is 22.4 Å². The van der Waals surface area contributed by atoms with Crippen molar-refractivity contribution in [3.63, 3.8) is 0 Å². The second kappa shape index (κ2) is 10.1. The molecular weight excluding hydrogens is 487 g/mol. The molecule has 1 aliphatic heterocycles. The van der Waals surface area contributed by atoms with E-state index in [0.29, 0.717) is 32.3 Å². The van der Waals surface area contributed by atoms with Gasteiger partial charge in [0.25, 0.3) is 5.91 Å². The van der Waals surface area contributed by atoms with Crippen molar-refractivity contribution in [1.29, 1.82) is 0 Å². The first-order chi connectivity index (χ1) is 15.4. The highest BCUT2D eigenvalue weighted by Crippen LogP contribution is 2.34. The number of rotatable bonds is 6. The third-order valence-electron chi connectivity index (χ3n) is 4.75. The van der Waals surface area contributed by atoms with Crippen LogP contribution in [0.4, 0.5) is 5.69 Å². The molecule has 0 spiro atoms. The van der Waals surface area contributed by atoms with Gasteiger partial charge in [0, 0.05) is 26.3 Å². The molecule has 1 saturated heterocycles. The topological polar surface area (TPSA) is 50.4 Å². The van der Waals surface area contributed by atoms with Gasteiger partial charge in [0.2, 0.25) is 0 Å². The van der Waals surface area contributed by atoms with E-state index < -0.39 is 0 Å². The van der Waals surface area contributed by atoms with E-state index >= 15 is 0 Å². The SMILES string of the molecule is Cc1cc(Cl)ccc1NC1NC(=O)/C(=C/c2cc(Cl)ccc2OCc2cccc(Cl)c2)S1. The summed E-state index contributed by atoms with van der Waals surface area (Å²) in [5.74, 6) is 0.458. The number of benzene rings is 3. The Labute approximate surface area is 205 Å². The number of ether oxygens (including phenoxy) is 1. The number of amides is 1. The van der Waals surface area contributed by atoms with Crippen LogP contribution in [0.1, 0.15) is 16.7 Å². The highest BCUT2D eigenvalue weighted by atomic mass is 35.5. The molecule has 0 saturated carbocycles. The highest BCUT2D eigenvalue weighted by Gasteiger charge is 2.27. The zero-order chi connectivity index (χ0) is 22.7. The van der Waals surface area contributed by atoms with Gasteiger partial charge in [-0.3, -0.25) is 4.79 Å². The Balaban J connectivity index is 1.51. The fourth-order valence-corrected chi connectivity index (χ4v) is 4.78. The Morgan fingerprint density at radius 2 is 1.78 bits per heavy atom. The number of carbonyl (C=O) groups is 1. The summed E-state index contributed by atoms with van der Waals surface area (Å²) < 4.78 is 6.00. The molecule has 0 aromatic heterocycles. The quantitative estimate of drug-likeness (QED) is 0.350. The molecule has 3 aromatic rings. The molecule has 1 aliphatic rings. The molecule has 0 aliphatic carbocycles. The molecule has 1 heterocycles. The van der Waals surface area contributed by atoms with E-state index in [1.807, 2.05) is 49.4 Å². The van der Waals surface area contributed by atoms with E-state index in [-0.39, 0.29) is 11.4 Å². The molecule has 1 fully saturated rings. The van der Waals surface area contributed by atoms with Gasteiger partial charge in [-0.15, -0.1) is 0 Å². The molecule has 3 aromatic carbocycles. The van der Waals surface area contributed by atoms with Crippen molar-refractivity contribution in [2.45, 2.75) is 19.0 Å². The van der Waals surface area contributed by atoms with Crippen molar-refractivity contribution >= 4 is 64.2 Å². The number of carbonyl (C=O) groups excluding carboxylic acids is 1. The van der Waals surface area contributed by atoms with E-state index in [2.05, 4.69) is 10.6 Å². The van der Waals surface area contributed by atoms with Crippen LogP contribution in [0.15, 0.2) is 65.6 Å². The number of anilines is 1. The van der Waals surface area contributed by atoms with Crippen molar-refractivity contribution in [2.24, 2.45) is 0 Å². The van der Waals surface area contributed by atoms with Crippen LogP contribution in [0.25, 0.3) is 6.08 Å². The molecule has 1 unspecified atom stereocenters. The van der Waals surface area contributed by atoms with Gasteiger partial charge in [-0.1, -0.05) is 58.7 Å². The predicted octanol–water partition coefficient (Wildman–Crippen LogP) is 7.13. The Hall–Kier alpha value is -2.31. The molecule has 4 nitrogen and oxygen atoms in total. The Bertz CT molecular complexity index is 1200. The largest absolute Gasteiger partial charge is 0.488 e. The van der Waals surface area contributed by atoms with Gasteiger partial charge in [-0.25, -0.2) is 0 Å². The average Bonchev–Trinajstić information content (AvgIpc) is 3.08.